The Labute approximate surface area is 113 Å². The summed E-state index contributed by atoms with van der Waals surface area (Å²) in [7, 11) is 0. The van der Waals surface area contributed by atoms with Crippen molar-refractivity contribution in [3.05, 3.63) is 12.3 Å². The number of anilines is 1. The molecule has 18 heavy (non-hydrogen) atoms. The zero-order valence-electron chi connectivity index (χ0n) is 10.8. The van der Waals surface area contributed by atoms with E-state index in [4.69, 9.17) is 16.3 Å². The highest BCUT2D eigenvalue weighted by Gasteiger charge is 2.21. The molecule has 0 saturated carbocycles. The van der Waals surface area contributed by atoms with Gasteiger partial charge in [0.2, 0.25) is 11.8 Å². The summed E-state index contributed by atoms with van der Waals surface area (Å²) < 4.78 is 5.41. The van der Waals surface area contributed by atoms with Gasteiger partial charge in [0.1, 0.15) is 0 Å². The Hall–Kier alpha value is -1.03. The highest BCUT2D eigenvalue weighted by atomic mass is 35.5. The SMILES string of the molecule is CCOc1ccnc(N2CCCC(CCCl)C2)n1. The maximum atomic E-state index is 5.83. The summed E-state index contributed by atoms with van der Waals surface area (Å²) in [4.78, 5) is 11.0. The van der Waals surface area contributed by atoms with Crippen LogP contribution in [0.15, 0.2) is 12.3 Å². The van der Waals surface area contributed by atoms with Crippen molar-refractivity contribution in [2.24, 2.45) is 5.92 Å². The molecule has 1 aliphatic rings. The lowest BCUT2D eigenvalue weighted by Gasteiger charge is -2.32. The molecule has 2 heterocycles. The van der Waals surface area contributed by atoms with Crippen molar-refractivity contribution in [2.45, 2.75) is 26.2 Å². The van der Waals surface area contributed by atoms with Gasteiger partial charge in [0.05, 0.1) is 6.61 Å². The third-order valence-electron chi connectivity index (χ3n) is 3.23. The predicted molar refractivity (Wildman–Crippen MR) is 73.5 cm³/mol. The number of aromatic nitrogens is 2. The van der Waals surface area contributed by atoms with Crippen LogP contribution in [0.2, 0.25) is 0 Å². The van der Waals surface area contributed by atoms with Gasteiger partial charge >= 0.3 is 0 Å². The molecule has 0 amide bonds. The van der Waals surface area contributed by atoms with Crippen LogP contribution in [0.3, 0.4) is 0 Å². The van der Waals surface area contributed by atoms with Crippen molar-refractivity contribution in [2.75, 3.05) is 30.5 Å². The summed E-state index contributed by atoms with van der Waals surface area (Å²) in [5.41, 5.74) is 0. The monoisotopic (exact) mass is 269 g/mol. The largest absolute Gasteiger partial charge is 0.478 e. The molecule has 1 atom stereocenters. The zero-order valence-corrected chi connectivity index (χ0v) is 11.6. The molecule has 0 spiro atoms. The Morgan fingerprint density at radius 2 is 2.44 bits per heavy atom. The van der Waals surface area contributed by atoms with Gasteiger partial charge in [-0.15, -0.1) is 11.6 Å². The van der Waals surface area contributed by atoms with Gasteiger partial charge in [-0.05, 0) is 32.1 Å². The van der Waals surface area contributed by atoms with Crippen LogP contribution in [-0.4, -0.2) is 35.5 Å². The quantitative estimate of drug-likeness (QED) is 0.771. The maximum Gasteiger partial charge on any atom is 0.228 e. The summed E-state index contributed by atoms with van der Waals surface area (Å²) in [6, 6.07) is 1.80. The fourth-order valence-electron chi connectivity index (χ4n) is 2.35. The summed E-state index contributed by atoms with van der Waals surface area (Å²) >= 11 is 5.83. The van der Waals surface area contributed by atoms with Crippen molar-refractivity contribution in [1.82, 2.24) is 9.97 Å². The Kier molecular flexibility index (Phi) is 5.05. The van der Waals surface area contributed by atoms with Crippen LogP contribution in [0.5, 0.6) is 5.88 Å². The second kappa shape index (κ2) is 6.78. The molecule has 1 unspecified atom stereocenters. The van der Waals surface area contributed by atoms with E-state index < -0.39 is 0 Å². The maximum absolute atomic E-state index is 5.83. The van der Waals surface area contributed by atoms with Gasteiger partial charge in [-0.3, -0.25) is 0 Å². The second-order valence-electron chi connectivity index (χ2n) is 4.56. The minimum atomic E-state index is 0.630. The average Bonchev–Trinajstić information content (AvgIpc) is 2.40. The number of halogens is 1. The van der Waals surface area contributed by atoms with Gasteiger partial charge in [0, 0.05) is 31.2 Å². The minimum Gasteiger partial charge on any atom is -0.478 e. The van der Waals surface area contributed by atoms with Gasteiger partial charge in [-0.1, -0.05) is 0 Å². The molecule has 1 fully saturated rings. The zero-order chi connectivity index (χ0) is 12.8. The van der Waals surface area contributed by atoms with E-state index in [9.17, 15) is 0 Å². The number of rotatable bonds is 5. The van der Waals surface area contributed by atoms with Crippen LogP contribution in [0.1, 0.15) is 26.2 Å². The molecular formula is C13H20ClN3O. The van der Waals surface area contributed by atoms with Crippen LogP contribution in [-0.2, 0) is 0 Å². The Bertz CT molecular complexity index is 373. The fourth-order valence-corrected chi connectivity index (χ4v) is 2.66. The molecule has 5 heteroatoms. The van der Waals surface area contributed by atoms with Crippen LogP contribution in [0.4, 0.5) is 5.95 Å². The molecule has 1 saturated heterocycles. The van der Waals surface area contributed by atoms with Crippen molar-refractivity contribution >= 4 is 17.5 Å². The molecule has 1 aromatic heterocycles. The molecule has 2 rings (SSSR count). The lowest BCUT2D eigenvalue weighted by Crippen LogP contribution is -2.36. The average molecular weight is 270 g/mol. The van der Waals surface area contributed by atoms with Gasteiger partial charge in [-0.2, -0.15) is 4.98 Å². The van der Waals surface area contributed by atoms with E-state index in [1.165, 1.54) is 12.8 Å². The molecule has 0 aromatic carbocycles. The highest BCUT2D eigenvalue weighted by Crippen LogP contribution is 2.23. The van der Waals surface area contributed by atoms with Crippen molar-refractivity contribution < 1.29 is 4.74 Å². The van der Waals surface area contributed by atoms with Gasteiger partial charge in [0.15, 0.2) is 0 Å². The van der Waals surface area contributed by atoms with E-state index in [2.05, 4.69) is 14.9 Å². The number of alkyl halides is 1. The summed E-state index contributed by atoms with van der Waals surface area (Å²) in [6.07, 6.45) is 5.28. The number of nitrogens with zero attached hydrogens (tertiary/aromatic N) is 3. The number of ether oxygens (including phenoxy) is 1. The van der Waals surface area contributed by atoms with Crippen LogP contribution < -0.4 is 9.64 Å². The normalized spacial score (nSPS) is 19.9. The highest BCUT2D eigenvalue weighted by molar-refractivity contribution is 6.17. The minimum absolute atomic E-state index is 0.630. The Balaban J connectivity index is 2.03. The van der Waals surface area contributed by atoms with E-state index in [0.29, 0.717) is 18.4 Å². The van der Waals surface area contributed by atoms with E-state index >= 15 is 0 Å². The standard InChI is InChI=1S/C13H20ClN3O/c1-2-18-12-6-8-15-13(16-12)17-9-3-4-11(10-17)5-7-14/h6,8,11H,2-5,7,9-10H2,1H3. The molecule has 100 valence electrons. The first kappa shape index (κ1) is 13.4. The fraction of sp³-hybridized carbons (Fsp3) is 0.692. The first-order chi connectivity index (χ1) is 8.83. The van der Waals surface area contributed by atoms with Crippen LogP contribution in [0, 0.1) is 5.92 Å². The van der Waals surface area contributed by atoms with Gasteiger partial charge in [0.25, 0.3) is 0 Å². The first-order valence-corrected chi connectivity index (χ1v) is 7.13. The smallest absolute Gasteiger partial charge is 0.228 e. The van der Waals surface area contributed by atoms with E-state index in [1.807, 2.05) is 6.92 Å². The van der Waals surface area contributed by atoms with Crippen molar-refractivity contribution in [1.29, 1.82) is 0 Å². The van der Waals surface area contributed by atoms with Crippen LogP contribution >= 0.6 is 11.6 Å². The molecule has 1 aromatic rings. The van der Waals surface area contributed by atoms with Gasteiger partial charge < -0.3 is 9.64 Å². The summed E-state index contributed by atoms with van der Waals surface area (Å²) in [5.74, 6) is 2.83. The Morgan fingerprint density at radius 3 is 3.22 bits per heavy atom. The predicted octanol–water partition coefficient (Wildman–Crippen LogP) is 2.72. The number of piperidine rings is 1. The summed E-state index contributed by atoms with van der Waals surface area (Å²) in [5, 5.41) is 0. The topological polar surface area (TPSA) is 38.2 Å². The molecule has 4 nitrogen and oxygen atoms in total. The van der Waals surface area contributed by atoms with E-state index in [1.54, 1.807) is 12.3 Å². The molecular weight excluding hydrogens is 250 g/mol. The van der Waals surface area contributed by atoms with Crippen LogP contribution in [0.25, 0.3) is 0 Å². The summed E-state index contributed by atoms with van der Waals surface area (Å²) in [6.45, 7) is 4.61. The lowest BCUT2D eigenvalue weighted by atomic mass is 9.96. The van der Waals surface area contributed by atoms with Crippen molar-refractivity contribution in [3.8, 4) is 5.88 Å². The molecule has 0 bridgehead atoms. The molecule has 0 radical (unpaired) electrons. The third kappa shape index (κ3) is 3.48. The Morgan fingerprint density at radius 1 is 1.56 bits per heavy atom. The van der Waals surface area contributed by atoms with E-state index in [-0.39, 0.29) is 0 Å². The second-order valence-corrected chi connectivity index (χ2v) is 4.94. The van der Waals surface area contributed by atoms with E-state index in [0.717, 1.165) is 31.3 Å². The lowest BCUT2D eigenvalue weighted by molar-refractivity contribution is 0.325. The number of hydrogen-bond acceptors (Lipinski definition) is 4. The molecule has 0 N–H and O–H groups in total. The first-order valence-electron chi connectivity index (χ1n) is 6.60. The van der Waals surface area contributed by atoms with Gasteiger partial charge in [-0.25, -0.2) is 4.98 Å². The van der Waals surface area contributed by atoms with Crippen molar-refractivity contribution in [3.63, 3.8) is 0 Å². The molecule has 0 aliphatic carbocycles. The molecule has 1 aliphatic heterocycles. The number of hydrogen-bond donors (Lipinski definition) is 0. The third-order valence-corrected chi connectivity index (χ3v) is 3.45.